The van der Waals surface area contributed by atoms with Gasteiger partial charge in [0.15, 0.2) is 6.10 Å². The first kappa shape index (κ1) is 15.6. The third kappa shape index (κ3) is 4.35. The summed E-state index contributed by atoms with van der Waals surface area (Å²) in [5.74, 6) is 0.101. The van der Waals surface area contributed by atoms with Gasteiger partial charge in [0.05, 0.1) is 11.6 Å². The zero-order valence-electron chi connectivity index (χ0n) is 12.6. The average molecular weight is 295 g/mol. The number of benzene rings is 2. The van der Waals surface area contributed by atoms with Crippen LogP contribution in [0.3, 0.4) is 0 Å². The summed E-state index contributed by atoms with van der Waals surface area (Å²) >= 11 is 0. The lowest BCUT2D eigenvalue weighted by Gasteiger charge is -2.14. The maximum atomic E-state index is 11.9. The van der Waals surface area contributed by atoms with Crippen LogP contribution in [0.15, 0.2) is 48.5 Å². The minimum absolute atomic E-state index is 0.222. The summed E-state index contributed by atoms with van der Waals surface area (Å²) < 4.78 is 10.7. The van der Waals surface area contributed by atoms with Gasteiger partial charge in [-0.25, -0.2) is 4.79 Å². The van der Waals surface area contributed by atoms with Crippen molar-refractivity contribution in [1.29, 1.82) is 5.26 Å². The van der Waals surface area contributed by atoms with Crippen LogP contribution in [0.25, 0.3) is 0 Å². The smallest absolute Gasteiger partial charge is 0.347 e. The molecule has 4 nitrogen and oxygen atoms in total. The maximum absolute atomic E-state index is 11.9. The lowest BCUT2D eigenvalue weighted by atomic mass is 10.2. The zero-order chi connectivity index (χ0) is 15.9. The summed E-state index contributed by atoms with van der Waals surface area (Å²) in [5.41, 5.74) is 2.64. The number of esters is 1. The Kier molecular flexibility index (Phi) is 5.16. The molecule has 4 heteroatoms. The molecule has 112 valence electrons. The van der Waals surface area contributed by atoms with Crippen LogP contribution in [-0.2, 0) is 16.1 Å². The standard InChI is InChI=1S/C18H17NO3/c1-13-3-5-16(6-4-13)12-21-18(20)14(2)22-17-9-7-15(11-19)8-10-17/h3-10,14H,12H2,1-2H3/t14-/m1/s1. The summed E-state index contributed by atoms with van der Waals surface area (Å²) in [5, 5.41) is 8.73. The Hall–Kier alpha value is -2.80. The van der Waals surface area contributed by atoms with Gasteiger partial charge in [0.1, 0.15) is 12.4 Å². The molecule has 0 radical (unpaired) electrons. The molecule has 0 heterocycles. The second kappa shape index (κ2) is 7.28. The number of hydrogen-bond acceptors (Lipinski definition) is 4. The van der Waals surface area contributed by atoms with Crippen molar-refractivity contribution in [2.45, 2.75) is 26.6 Å². The van der Waals surface area contributed by atoms with Gasteiger partial charge >= 0.3 is 5.97 Å². The van der Waals surface area contributed by atoms with Crippen LogP contribution < -0.4 is 4.74 Å². The van der Waals surface area contributed by atoms with Crippen molar-refractivity contribution in [2.24, 2.45) is 0 Å². The quantitative estimate of drug-likeness (QED) is 0.793. The van der Waals surface area contributed by atoms with E-state index in [1.165, 1.54) is 0 Å². The first-order valence-electron chi connectivity index (χ1n) is 6.97. The molecule has 0 aliphatic carbocycles. The van der Waals surface area contributed by atoms with Crippen molar-refractivity contribution in [3.63, 3.8) is 0 Å². The van der Waals surface area contributed by atoms with Crippen LogP contribution in [0.5, 0.6) is 5.75 Å². The Balaban J connectivity index is 1.86. The second-order valence-electron chi connectivity index (χ2n) is 4.99. The van der Waals surface area contributed by atoms with E-state index in [1.54, 1.807) is 31.2 Å². The third-order valence-electron chi connectivity index (χ3n) is 3.13. The van der Waals surface area contributed by atoms with Gasteiger partial charge in [0.2, 0.25) is 0 Å². The molecule has 2 aromatic carbocycles. The van der Waals surface area contributed by atoms with Crippen molar-refractivity contribution in [3.05, 3.63) is 65.2 Å². The molecule has 2 rings (SSSR count). The summed E-state index contributed by atoms with van der Waals surface area (Å²) in [6.45, 7) is 3.86. The molecular weight excluding hydrogens is 278 g/mol. The number of nitriles is 1. The van der Waals surface area contributed by atoms with E-state index >= 15 is 0 Å². The lowest BCUT2D eigenvalue weighted by molar-refractivity contribution is -0.152. The molecule has 0 aliphatic rings. The second-order valence-corrected chi connectivity index (χ2v) is 4.99. The van der Waals surface area contributed by atoms with E-state index in [1.807, 2.05) is 37.3 Å². The number of aryl methyl sites for hydroxylation is 1. The van der Waals surface area contributed by atoms with Gasteiger partial charge in [0.25, 0.3) is 0 Å². The summed E-state index contributed by atoms with van der Waals surface area (Å²) in [6, 6.07) is 16.4. The van der Waals surface area contributed by atoms with Crippen molar-refractivity contribution in [1.82, 2.24) is 0 Å². The Labute approximate surface area is 129 Å². The van der Waals surface area contributed by atoms with Gasteiger partial charge in [-0.2, -0.15) is 5.26 Å². The molecule has 0 aliphatic heterocycles. The number of hydrogen-bond donors (Lipinski definition) is 0. The molecule has 22 heavy (non-hydrogen) atoms. The molecule has 0 saturated carbocycles. The topological polar surface area (TPSA) is 59.3 Å². The minimum Gasteiger partial charge on any atom is -0.479 e. The van der Waals surface area contributed by atoms with E-state index in [9.17, 15) is 4.79 Å². The fourth-order valence-electron chi connectivity index (χ4n) is 1.82. The first-order valence-corrected chi connectivity index (χ1v) is 6.97. The fraction of sp³-hybridized carbons (Fsp3) is 0.222. The third-order valence-corrected chi connectivity index (χ3v) is 3.13. The molecule has 1 atom stereocenters. The largest absolute Gasteiger partial charge is 0.479 e. The van der Waals surface area contributed by atoms with E-state index < -0.39 is 12.1 Å². The van der Waals surface area contributed by atoms with E-state index in [2.05, 4.69) is 0 Å². The number of carbonyl (C=O) groups is 1. The highest BCUT2D eigenvalue weighted by atomic mass is 16.6. The van der Waals surface area contributed by atoms with Crippen molar-refractivity contribution in [2.75, 3.05) is 0 Å². The van der Waals surface area contributed by atoms with E-state index in [0.29, 0.717) is 11.3 Å². The van der Waals surface area contributed by atoms with E-state index in [-0.39, 0.29) is 6.61 Å². The summed E-state index contributed by atoms with van der Waals surface area (Å²) in [6.07, 6.45) is -0.710. The number of ether oxygens (including phenoxy) is 2. The van der Waals surface area contributed by atoms with Gasteiger partial charge in [-0.1, -0.05) is 29.8 Å². The fourth-order valence-corrected chi connectivity index (χ4v) is 1.82. The molecule has 0 N–H and O–H groups in total. The SMILES string of the molecule is Cc1ccc(COC(=O)[C@@H](C)Oc2ccc(C#N)cc2)cc1. The van der Waals surface area contributed by atoms with Gasteiger partial charge in [-0.15, -0.1) is 0 Å². The highest BCUT2D eigenvalue weighted by molar-refractivity contribution is 5.74. The molecule has 0 bridgehead atoms. The highest BCUT2D eigenvalue weighted by Crippen LogP contribution is 2.14. The first-order chi connectivity index (χ1) is 10.6. The number of rotatable bonds is 5. The Morgan fingerprint density at radius 3 is 2.36 bits per heavy atom. The Morgan fingerprint density at radius 2 is 1.77 bits per heavy atom. The average Bonchev–Trinajstić information content (AvgIpc) is 2.54. The van der Waals surface area contributed by atoms with Crippen molar-refractivity contribution < 1.29 is 14.3 Å². The highest BCUT2D eigenvalue weighted by Gasteiger charge is 2.16. The van der Waals surface area contributed by atoms with Crippen LogP contribution in [0, 0.1) is 18.3 Å². The van der Waals surface area contributed by atoms with Crippen LogP contribution in [-0.4, -0.2) is 12.1 Å². The van der Waals surface area contributed by atoms with Crippen LogP contribution >= 0.6 is 0 Å². The van der Waals surface area contributed by atoms with Crippen LogP contribution in [0.2, 0.25) is 0 Å². The normalized spacial score (nSPS) is 11.3. The molecule has 0 saturated heterocycles. The Bertz CT molecular complexity index is 669. The molecule has 0 fully saturated rings. The molecule has 0 spiro atoms. The summed E-state index contributed by atoms with van der Waals surface area (Å²) in [4.78, 5) is 11.9. The van der Waals surface area contributed by atoms with Crippen molar-refractivity contribution in [3.8, 4) is 11.8 Å². The maximum Gasteiger partial charge on any atom is 0.347 e. The van der Waals surface area contributed by atoms with Crippen LogP contribution in [0.4, 0.5) is 0 Å². The predicted octanol–water partition coefficient (Wildman–Crippen LogP) is 3.38. The van der Waals surface area contributed by atoms with Crippen LogP contribution in [0.1, 0.15) is 23.6 Å². The van der Waals surface area contributed by atoms with Gasteiger partial charge in [-0.05, 0) is 43.7 Å². The van der Waals surface area contributed by atoms with Gasteiger partial charge in [0, 0.05) is 0 Å². The van der Waals surface area contributed by atoms with Gasteiger partial charge < -0.3 is 9.47 Å². The van der Waals surface area contributed by atoms with Gasteiger partial charge in [-0.3, -0.25) is 0 Å². The monoisotopic (exact) mass is 295 g/mol. The van der Waals surface area contributed by atoms with E-state index in [4.69, 9.17) is 14.7 Å². The molecule has 0 unspecified atom stereocenters. The van der Waals surface area contributed by atoms with E-state index in [0.717, 1.165) is 11.1 Å². The predicted molar refractivity (Wildman–Crippen MR) is 82.2 cm³/mol. The number of nitrogens with zero attached hydrogens (tertiary/aromatic N) is 1. The number of carbonyl (C=O) groups excluding carboxylic acids is 1. The lowest BCUT2D eigenvalue weighted by Crippen LogP contribution is -2.26. The molecule has 0 aromatic heterocycles. The molecular formula is C18H17NO3. The summed E-state index contributed by atoms with van der Waals surface area (Å²) in [7, 11) is 0. The Morgan fingerprint density at radius 1 is 1.14 bits per heavy atom. The molecule has 2 aromatic rings. The zero-order valence-corrected chi connectivity index (χ0v) is 12.6. The van der Waals surface area contributed by atoms with Crippen molar-refractivity contribution >= 4 is 5.97 Å². The minimum atomic E-state index is -0.710. The molecule has 0 amide bonds.